The molecule has 0 radical (unpaired) electrons. The molecule has 2 rings (SSSR count). The van der Waals surface area contributed by atoms with Crippen molar-refractivity contribution in [1.29, 1.82) is 0 Å². The molecule has 0 bridgehead atoms. The quantitative estimate of drug-likeness (QED) is 0.723. The summed E-state index contributed by atoms with van der Waals surface area (Å²) >= 11 is 5.92. The highest BCUT2D eigenvalue weighted by molar-refractivity contribution is 7.89. The molecule has 1 unspecified atom stereocenters. The number of hydrogen-bond acceptors (Lipinski definition) is 4. The summed E-state index contributed by atoms with van der Waals surface area (Å²) in [6.45, 7) is 6.98. The van der Waals surface area contributed by atoms with Gasteiger partial charge >= 0.3 is 5.97 Å². The number of sulfonamides is 1. The van der Waals surface area contributed by atoms with E-state index in [1.807, 2.05) is 6.92 Å². The molecule has 0 aliphatic heterocycles. The van der Waals surface area contributed by atoms with Crippen LogP contribution in [-0.4, -0.2) is 21.0 Å². The fourth-order valence-corrected chi connectivity index (χ4v) is 3.58. The first-order valence-electron chi connectivity index (χ1n) is 8.51. The normalized spacial score (nSPS) is 13.2. The summed E-state index contributed by atoms with van der Waals surface area (Å²) in [6, 6.07) is 12.5. The zero-order valence-corrected chi connectivity index (χ0v) is 17.4. The lowest BCUT2D eigenvalue weighted by molar-refractivity contribution is -0.153. The molecule has 0 aromatic heterocycles. The highest BCUT2D eigenvalue weighted by Gasteiger charge is 2.27. The lowest BCUT2D eigenvalue weighted by Gasteiger charge is -2.22. The predicted octanol–water partition coefficient (Wildman–Crippen LogP) is 4.26. The number of esters is 1. The van der Waals surface area contributed by atoms with Crippen LogP contribution in [0.25, 0.3) is 0 Å². The van der Waals surface area contributed by atoms with Crippen LogP contribution in [0.4, 0.5) is 0 Å². The topological polar surface area (TPSA) is 72.5 Å². The van der Waals surface area contributed by atoms with Crippen LogP contribution in [0.2, 0.25) is 5.02 Å². The molecule has 0 saturated heterocycles. The SMILES string of the molecule is Cc1ccc(S(=O)(=O)NC(COC(=O)C(C)(C)C)c2ccc(Cl)cc2)cc1. The van der Waals surface area contributed by atoms with Gasteiger partial charge in [-0.3, -0.25) is 4.79 Å². The van der Waals surface area contributed by atoms with Crippen molar-refractivity contribution < 1.29 is 17.9 Å². The van der Waals surface area contributed by atoms with Gasteiger partial charge in [-0.1, -0.05) is 41.4 Å². The van der Waals surface area contributed by atoms with E-state index >= 15 is 0 Å². The molecule has 0 saturated carbocycles. The monoisotopic (exact) mass is 409 g/mol. The first-order chi connectivity index (χ1) is 12.5. The van der Waals surface area contributed by atoms with E-state index in [-0.39, 0.29) is 11.5 Å². The average molecular weight is 410 g/mol. The maximum Gasteiger partial charge on any atom is 0.311 e. The first kappa shape index (κ1) is 21.4. The van der Waals surface area contributed by atoms with E-state index in [4.69, 9.17) is 16.3 Å². The van der Waals surface area contributed by atoms with Crippen LogP contribution in [0.15, 0.2) is 53.4 Å². The molecule has 0 spiro atoms. The maximum absolute atomic E-state index is 12.8. The zero-order valence-electron chi connectivity index (χ0n) is 15.8. The fourth-order valence-electron chi connectivity index (χ4n) is 2.24. The molecule has 146 valence electrons. The van der Waals surface area contributed by atoms with Gasteiger partial charge in [0, 0.05) is 5.02 Å². The fraction of sp³-hybridized carbons (Fsp3) is 0.350. The Morgan fingerprint density at radius 2 is 1.63 bits per heavy atom. The minimum Gasteiger partial charge on any atom is -0.463 e. The van der Waals surface area contributed by atoms with Gasteiger partial charge in [0.25, 0.3) is 0 Å². The Kier molecular flexibility index (Phi) is 6.68. The Morgan fingerprint density at radius 3 is 2.15 bits per heavy atom. The summed E-state index contributed by atoms with van der Waals surface area (Å²) < 4.78 is 33.5. The van der Waals surface area contributed by atoms with Crippen molar-refractivity contribution in [3.63, 3.8) is 0 Å². The summed E-state index contributed by atoms with van der Waals surface area (Å²) in [4.78, 5) is 12.3. The third-order valence-corrected chi connectivity index (χ3v) is 5.63. The van der Waals surface area contributed by atoms with E-state index in [2.05, 4.69) is 4.72 Å². The number of benzene rings is 2. The number of hydrogen-bond donors (Lipinski definition) is 1. The molecule has 0 aliphatic carbocycles. The average Bonchev–Trinajstić information content (AvgIpc) is 2.58. The second-order valence-electron chi connectivity index (χ2n) is 7.39. The molecule has 1 atom stereocenters. The van der Waals surface area contributed by atoms with Gasteiger partial charge in [0.15, 0.2) is 0 Å². The third-order valence-electron chi connectivity index (χ3n) is 3.89. The second-order valence-corrected chi connectivity index (χ2v) is 9.54. The number of ether oxygens (including phenoxy) is 1. The van der Waals surface area contributed by atoms with Crippen LogP contribution in [-0.2, 0) is 19.6 Å². The summed E-state index contributed by atoms with van der Waals surface area (Å²) in [5.74, 6) is -0.406. The lowest BCUT2D eigenvalue weighted by atomic mass is 9.97. The van der Waals surface area contributed by atoms with E-state index in [1.165, 1.54) is 12.1 Å². The molecule has 2 aromatic rings. The molecule has 0 fully saturated rings. The summed E-state index contributed by atoms with van der Waals surface area (Å²) in [5.41, 5.74) is 0.930. The predicted molar refractivity (Wildman–Crippen MR) is 106 cm³/mol. The Labute approximate surface area is 165 Å². The second kappa shape index (κ2) is 8.42. The molecular formula is C20H24ClNO4S. The molecule has 27 heavy (non-hydrogen) atoms. The standard InChI is InChI=1S/C20H24ClNO4S/c1-14-5-11-17(12-6-14)27(24,25)22-18(13-26-19(23)20(2,3)4)15-7-9-16(21)10-8-15/h5-12,18,22H,13H2,1-4H3. The molecule has 0 heterocycles. The Morgan fingerprint density at radius 1 is 1.07 bits per heavy atom. The third kappa shape index (κ3) is 6.06. The van der Waals surface area contributed by atoms with Crippen LogP contribution in [0, 0.1) is 12.3 Å². The van der Waals surface area contributed by atoms with Gasteiger partial charge in [0.1, 0.15) is 6.61 Å². The van der Waals surface area contributed by atoms with E-state index < -0.39 is 27.4 Å². The first-order valence-corrected chi connectivity index (χ1v) is 10.4. The lowest BCUT2D eigenvalue weighted by Crippen LogP contribution is -2.34. The van der Waals surface area contributed by atoms with Crippen LogP contribution >= 0.6 is 11.6 Å². The molecule has 7 heteroatoms. The number of carbonyl (C=O) groups is 1. The van der Waals surface area contributed by atoms with Crippen molar-refractivity contribution in [2.24, 2.45) is 5.41 Å². The number of carbonyl (C=O) groups excluding carboxylic acids is 1. The molecule has 5 nitrogen and oxygen atoms in total. The Bertz CT molecular complexity index is 885. The van der Waals surface area contributed by atoms with Gasteiger partial charge in [0.05, 0.1) is 16.4 Å². The van der Waals surface area contributed by atoms with Crippen molar-refractivity contribution in [2.75, 3.05) is 6.61 Å². The van der Waals surface area contributed by atoms with Crippen molar-refractivity contribution in [3.05, 3.63) is 64.7 Å². The van der Waals surface area contributed by atoms with Gasteiger partial charge in [-0.25, -0.2) is 13.1 Å². The van der Waals surface area contributed by atoms with E-state index in [0.717, 1.165) is 5.56 Å². The minimum absolute atomic E-state index is 0.122. The van der Waals surface area contributed by atoms with Crippen LogP contribution in [0.3, 0.4) is 0 Å². The minimum atomic E-state index is -3.79. The molecule has 2 aromatic carbocycles. The Hall–Kier alpha value is -1.89. The molecule has 0 amide bonds. The van der Waals surface area contributed by atoms with Crippen LogP contribution in [0.1, 0.15) is 37.9 Å². The van der Waals surface area contributed by atoms with Gasteiger partial charge in [0.2, 0.25) is 10.0 Å². The highest BCUT2D eigenvalue weighted by Crippen LogP contribution is 2.22. The molecular weight excluding hydrogens is 386 g/mol. The largest absolute Gasteiger partial charge is 0.463 e. The van der Waals surface area contributed by atoms with E-state index in [1.54, 1.807) is 57.2 Å². The van der Waals surface area contributed by atoms with Crippen molar-refractivity contribution >= 4 is 27.6 Å². The van der Waals surface area contributed by atoms with Gasteiger partial charge in [-0.05, 0) is 57.5 Å². The summed E-state index contributed by atoms with van der Waals surface area (Å²) in [7, 11) is -3.79. The van der Waals surface area contributed by atoms with Crippen molar-refractivity contribution in [1.82, 2.24) is 4.72 Å². The van der Waals surface area contributed by atoms with Gasteiger partial charge < -0.3 is 4.74 Å². The van der Waals surface area contributed by atoms with Crippen LogP contribution < -0.4 is 4.72 Å². The van der Waals surface area contributed by atoms with E-state index in [9.17, 15) is 13.2 Å². The van der Waals surface area contributed by atoms with E-state index in [0.29, 0.717) is 10.6 Å². The van der Waals surface area contributed by atoms with Gasteiger partial charge in [-0.15, -0.1) is 0 Å². The molecule has 1 N–H and O–H groups in total. The summed E-state index contributed by atoms with van der Waals surface area (Å²) in [5, 5.41) is 0.533. The zero-order chi connectivity index (χ0) is 20.2. The van der Waals surface area contributed by atoms with Gasteiger partial charge in [-0.2, -0.15) is 0 Å². The molecule has 0 aliphatic rings. The Balaban J connectivity index is 2.27. The maximum atomic E-state index is 12.8. The van der Waals surface area contributed by atoms with Crippen LogP contribution in [0.5, 0.6) is 0 Å². The van der Waals surface area contributed by atoms with Crippen molar-refractivity contribution in [3.8, 4) is 0 Å². The number of nitrogens with one attached hydrogen (secondary N) is 1. The van der Waals surface area contributed by atoms with Crippen molar-refractivity contribution in [2.45, 2.75) is 38.6 Å². The number of rotatable bonds is 6. The smallest absolute Gasteiger partial charge is 0.311 e. The number of halogens is 1. The number of aryl methyl sites for hydroxylation is 1. The summed E-state index contributed by atoms with van der Waals surface area (Å²) in [6.07, 6.45) is 0. The highest BCUT2D eigenvalue weighted by atomic mass is 35.5.